The van der Waals surface area contributed by atoms with Gasteiger partial charge in [-0.2, -0.15) is 18.4 Å². The van der Waals surface area contributed by atoms with Crippen molar-refractivity contribution in [2.45, 2.75) is 63.9 Å². The minimum Gasteiger partial charge on any atom is -0.444 e. The Bertz CT molecular complexity index is 1020. The highest BCUT2D eigenvalue weighted by atomic mass is 19.4. The number of nitriles is 1. The van der Waals surface area contributed by atoms with Crippen molar-refractivity contribution < 1.29 is 27.5 Å². The quantitative estimate of drug-likeness (QED) is 0.270. The number of nitrogens with one attached hydrogen (secondary N) is 2. The van der Waals surface area contributed by atoms with Crippen molar-refractivity contribution in [2.75, 3.05) is 0 Å². The number of nitrogens with zero attached hydrogens (tertiary/aromatic N) is 2. The first-order valence-corrected chi connectivity index (χ1v) is 10.9. The maximum atomic E-state index is 12.7. The molecule has 35 heavy (non-hydrogen) atoms. The number of hydrogen-bond acceptors (Lipinski definition) is 6. The summed E-state index contributed by atoms with van der Waals surface area (Å²) in [5.74, 6) is -1.69. The molecule has 9 nitrogen and oxygen atoms in total. The third-order valence-electron chi connectivity index (χ3n) is 5.16. The molecule has 0 radical (unpaired) electrons. The predicted molar refractivity (Wildman–Crippen MR) is 123 cm³/mol. The van der Waals surface area contributed by atoms with Crippen LogP contribution in [0, 0.1) is 17.2 Å². The molecule has 12 heteroatoms. The van der Waals surface area contributed by atoms with Crippen LogP contribution in [0.3, 0.4) is 0 Å². The van der Waals surface area contributed by atoms with Crippen LogP contribution in [-0.2, 0) is 15.7 Å². The van der Waals surface area contributed by atoms with Crippen molar-refractivity contribution in [2.24, 2.45) is 22.4 Å². The summed E-state index contributed by atoms with van der Waals surface area (Å²) in [5.41, 5.74) is 9.71. The van der Waals surface area contributed by atoms with E-state index in [1.807, 2.05) is 0 Å². The van der Waals surface area contributed by atoms with Crippen LogP contribution in [0.25, 0.3) is 0 Å². The Balaban J connectivity index is 2.08. The average molecular weight is 495 g/mol. The molecule has 0 aromatic heterocycles. The topological polar surface area (TPSA) is 156 Å². The molecule has 0 heterocycles. The Kier molecular flexibility index (Phi) is 8.73. The van der Waals surface area contributed by atoms with Gasteiger partial charge < -0.3 is 26.8 Å². The molecule has 1 fully saturated rings. The number of nitrogens with two attached hydrogens (primary N) is 2. The van der Waals surface area contributed by atoms with Gasteiger partial charge in [0.15, 0.2) is 0 Å². The van der Waals surface area contributed by atoms with E-state index < -0.39 is 35.3 Å². The number of alkyl carbamates (subject to hydrolysis) is 1. The van der Waals surface area contributed by atoms with E-state index in [9.17, 15) is 28.0 Å². The summed E-state index contributed by atoms with van der Waals surface area (Å²) >= 11 is 0. The number of amides is 2. The van der Waals surface area contributed by atoms with Gasteiger partial charge in [-0.15, -0.1) is 0 Å². The lowest BCUT2D eigenvalue weighted by Gasteiger charge is -2.33. The maximum Gasteiger partial charge on any atom is 0.416 e. The van der Waals surface area contributed by atoms with Gasteiger partial charge >= 0.3 is 12.3 Å². The van der Waals surface area contributed by atoms with Gasteiger partial charge in [0.1, 0.15) is 11.4 Å². The standard InChI is InChI=1S/C23H29F3N6O3/c1-22(2,3)35-21(34)32-16-8-9-18(13(10-16)11-27)30-12-17(20(29)33)19(28)31-15-6-4-14(5-7-15)23(24,25)26/h4-7,12-13,16,18,30H,8-10H2,1-3H3,(H2,28,31)(H2,29,33)(H,32,34)/b17-12+/t13?,16-,18+/m0/s1. The molecule has 6 N–H and O–H groups in total. The van der Waals surface area contributed by atoms with Crippen LogP contribution in [0.1, 0.15) is 45.6 Å². The van der Waals surface area contributed by atoms with Gasteiger partial charge in [0.2, 0.25) is 0 Å². The molecule has 1 saturated carbocycles. The molecule has 190 valence electrons. The van der Waals surface area contributed by atoms with E-state index in [0.29, 0.717) is 19.3 Å². The summed E-state index contributed by atoms with van der Waals surface area (Å²) in [4.78, 5) is 27.9. The van der Waals surface area contributed by atoms with Crippen LogP contribution in [0.15, 0.2) is 41.0 Å². The van der Waals surface area contributed by atoms with Crippen LogP contribution in [-0.4, -0.2) is 35.5 Å². The highest BCUT2D eigenvalue weighted by Gasteiger charge is 2.32. The van der Waals surface area contributed by atoms with Crippen molar-refractivity contribution in [1.82, 2.24) is 10.6 Å². The summed E-state index contributed by atoms with van der Waals surface area (Å²) in [7, 11) is 0. The molecule has 1 aromatic carbocycles. The number of halogens is 3. The van der Waals surface area contributed by atoms with Gasteiger partial charge in [-0.05, 0) is 64.3 Å². The Hall–Kier alpha value is -3.75. The molecule has 0 bridgehead atoms. The third-order valence-corrected chi connectivity index (χ3v) is 5.16. The molecule has 1 unspecified atom stereocenters. The number of carbonyl (C=O) groups is 2. The molecule has 0 aliphatic heterocycles. The molecule has 1 aromatic rings. The molecule has 1 aliphatic rings. The lowest BCUT2D eigenvalue weighted by atomic mass is 9.82. The second-order valence-electron chi connectivity index (χ2n) is 9.13. The number of alkyl halides is 3. The smallest absolute Gasteiger partial charge is 0.416 e. The fraction of sp³-hybridized carbons (Fsp3) is 0.478. The Morgan fingerprint density at radius 3 is 2.31 bits per heavy atom. The summed E-state index contributed by atoms with van der Waals surface area (Å²) in [6.45, 7) is 5.25. The number of rotatable bonds is 6. The summed E-state index contributed by atoms with van der Waals surface area (Å²) in [6, 6.07) is 5.51. The number of amidine groups is 1. The van der Waals surface area contributed by atoms with Crippen molar-refractivity contribution in [3.8, 4) is 6.07 Å². The molecule has 0 saturated heterocycles. The van der Waals surface area contributed by atoms with E-state index in [1.165, 1.54) is 6.20 Å². The molecule has 3 atom stereocenters. The van der Waals surface area contributed by atoms with E-state index in [4.69, 9.17) is 16.2 Å². The minimum atomic E-state index is -4.49. The number of benzene rings is 1. The Labute approximate surface area is 201 Å². The predicted octanol–water partition coefficient (Wildman–Crippen LogP) is 3.24. The molecule has 2 amide bonds. The van der Waals surface area contributed by atoms with Gasteiger partial charge in [-0.3, -0.25) is 4.79 Å². The van der Waals surface area contributed by atoms with E-state index in [1.54, 1.807) is 20.8 Å². The fourth-order valence-electron chi connectivity index (χ4n) is 3.50. The first-order valence-electron chi connectivity index (χ1n) is 10.9. The van der Waals surface area contributed by atoms with Gasteiger partial charge in [-0.1, -0.05) is 0 Å². The highest BCUT2D eigenvalue weighted by molar-refractivity contribution is 6.20. The average Bonchev–Trinajstić information content (AvgIpc) is 2.72. The SMILES string of the molecule is CC(C)(C)OC(=O)N[C@H]1CC[C@@H](N/C=C(/C(N)=O)C(N)=Nc2ccc(C(F)(F)F)cc2)C(C#N)C1. The molecule has 0 spiro atoms. The van der Waals surface area contributed by atoms with Crippen molar-refractivity contribution in [1.29, 1.82) is 5.26 Å². The number of hydrogen-bond donors (Lipinski definition) is 4. The Morgan fingerprint density at radius 1 is 1.17 bits per heavy atom. The van der Waals surface area contributed by atoms with E-state index in [0.717, 1.165) is 24.3 Å². The van der Waals surface area contributed by atoms with Crippen LogP contribution in [0.5, 0.6) is 0 Å². The number of carbonyl (C=O) groups excluding carboxylic acids is 2. The molecule has 2 rings (SSSR count). The number of aliphatic imine (C=N–C) groups is 1. The first-order chi connectivity index (χ1) is 16.2. The first kappa shape index (κ1) is 27.5. The maximum absolute atomic E-state index is 12.7. The lowest BCUT2D eigenvalue weighted by Crippen LogP contribution is -2.47. The van der Waals surface area contributed by atoms with E-state index in [-0.39, 0.29) is 29.2 Å². The molecular weight excluding hydrogens is 465 g/mol. The van der Waals surface area contributed by atoms with Gasteiger partial charge in [0.05, 0.1) is 28.8 Å². The van der Waals surface area contributed by atoms with Crippen LogP contribution >= 0.6 is 0 Å². The minimum absolute atomic E-state index is 0.103. The zero-order valence-corrected chi connectivity index (χ0v) is 19.6. The number of primary amides is 1. The summed E-state index contributed by atoms with van der Waals surface area (Å²) in [6.07, 6.45) is -2.38. The summed E-state index contributed by atoms with van der Waals surface area (Å²) in [5, 5.41) is 15.3. The monoisotopic (exact) mass is 494 g/mol. The molecular formula is C23H29F3N6O3. The van der Waals surface area contributed by atoms with Crippen molar-refractivity contribution >= 4 is 23.5 Å². The van der Waals surface area contributed by atoms with Gasteiger partial charge in [0.25, 0.3) is 5.91 Å². The Morgan fingerprint density at radius 2 is 1.80 bits per heavy atom. The third kappa shape index (κ3) is 8.51. The van der Waals surface area contributed by atoms with E-state index in [2.05, 4.69) is 21.7 Å². The second kappa shape index (κ2) is 11.1. The summed E-state index contributed by atoms with van der Waals surface area (Å²) < 4.78 is 43.4. The zero-order chi connectivity index (χ0) is 26.4. The largest absolute Gasteiger partial charge is 0.444 e. The number of ether oxygens (including phenoxy) is 1. The molecule has 1 aliphatic carbocycles. The lowest BCUT2D eigenvalue weighted by molar-refractivity contribution is -0.137. The normalized spacial score (nSPS) is 21.6. The van der Waals surface area contributed by atoms with Crippen LogP contribution in [0.4, 0.5) is 23.7 Å². The van der Waals surface area contributed by atoms with Crippen molar-refractivity contribution in [3.63, 3.8) is 0 Å². The second-order valence-corrected chi connectivity index (χ2v) is 9.13. The van der Waals surface area contributed by atoms with Gasteiger partial charge in [-0.25, -0.2) is 9.79 Å². The van der Waals surface area contributed by atoms with Gasteiger partial charge in [0, 0.05) is 18.3 Å². The zero-order valence-electron chi connectivity index (χ0n) is 19.6. The van der Waals surface area contributed by atoms with Crippen LogP contribution < -0.4 is 22.1 Å². The fourth-order valence-corrected chi connectivity index (χ4v) is 3.50. The van der Waals surface area contributed by atoms with Crippen LogP contribution in [0.2, 0.25) is 0 Å². The van der Waals surface area contributed by atoms with Crippen molar-refractivity contribution in [3.05, 3.63) is 41.6 Å². The van der Waals surface area contributed by atoms with E-state index >= 15 is 0 Å². The highest BCUT2D eigenvalue weighted by Crippen LogP contribution is 2.30.